The van der Waals surface area contributed by atoms with E-state index in [0.717, 1.165) is 11.1 Å². The number of aliphatic hydroxyl groups is 1. The molecule has 5 nitrogen and oxygen atoms in total. The second-order valence-corrected chi connectivity index (χ2v) is 9.00. The van der Waals surface area contributed by atoms with Crippen LogP contribution in [0.4, 0.5) is 5.69 Å². The molecule has 1 aliphatic rings. The van der Waals surface area contributed by atoms with Gasteiger partial charge in [-0.2, -0.15) is 0 Å². The Morgan fingerprint density at radius 1 is 1.21 bits per heavy atom. The topological polar surface area (TPSA) is 75.6 Å². The van der Waals surface area contributed by atoms with Crippen molar-refractivity contribution in [3.05, 3.63) is 102 Å². The summed E-state index contributed by atoms with van der Waals surface area (Å²) in [5.41, 5.74) is 1.44. The lowest BCUT2D eigenvalue weighted by atomic mass is 9.73. The third-order valence-corrected chi connectivity index (χ3v) is 5.97. The van der Waals surface area contributed by atoms with Gasteiger partial charge in [-0.05, 0) is 48.1 Å². The maximum absolute atomic E-state index is 13.5. The van der Waals surface area contributed by atoms with Crippen LogP contribution in [0.3, 0.4) is 0 Å². The minimum absolute atomic E-state index is 0.141. The van der Waals surface area contributed by atoms with Gasteiger partial charge in [-0.1, -0.05) is 75.1 Å². The Balaban J connectivity index is 1.91. The van der Waals surface area contributed by atoms with Gasteiger partial charge in [0.2, 0.25) is 0 Å². The summed E-state index contributed by atoms with van der Waals surface area (Å²) in [5.74, 6) is -0.862. The number of nitrogens with one attached hydrogen (secondary N) is 1. The first kappa shape index (κ1) is 24.2. The Kier molecular flexibility index (Phi) is 7.34. The van der Waals surface area contributed by atoms with Gasteiger partial charge >= 0.3 is 5.97 Å². The summed E-state index contributed by atoms with van der Waals surface area (Å²) >= 11 is 0. The molecule has 0 fully saturated rings. The number of anilines is 1. The molecule has 5 heteroatoms. The van der Waals surface area contributed by atoms with E-state index in [9.17, 15) is 14.7 Å². The number of hydrogen-bond acceptors (Lipinski definition) is 4. The molecule has 0 bridgehead atoms. The molecule has 1 unspecified atom stereocenters. The van der Waals surface area contributed by atoms with Crippen LogP contribution in [0.5, 0.6) is 0 Å². The molecule has 172 valence electrons. The maximum atomic E-state index is 13.5. The molecule has 0 aliphatic carbocycles. The van der Waals surface area contributed by atoms with Crippen LogP contribution in [0.2, 0.25) is 0 Å². The summed E-state index contributed by atoms with van der Waals surface area (Å²) in [6.07, 6.45) is 7.52. The lowest BCUT2D eigenvalue weighted by molar-refractivity contribution is -0.136. The predicted octanol–water partition coefficient (Wildman–Crippen LogP) is 5.47. The highest BCUT2D eigenvalue weighted by Crippen LogP contribution is 2.36. The summed E-state index contributed by atoms with van der Waals surface area (Å²) in [4.78, 5) is 25.2. The molecule has 0 saturated carbocycles. The lowest BCUT2D eigenvalue weighted by Crippen LogP contribution is -2.47. The average molecular weight is 446 g/mol. The number of amides is 1. The van der Waals surface area contributed by atoms with Crippen molar-refractivity contribution in [3.63, 3.8) is 0 Å². The van der Waals surface area contributed by atoms with Crippen molar-refractivity contribution in [3.8, 4) is 0 Å². The number of carbonyl (C=O) groups excluding carboxylic acids is 2. The Hall–Kier alpha value is -3.44. The highest BCUT2D eigenvalue weighted by Gasteiger charge is 2.42. The standard InChI is InChI=1S/C28H31NO4/c1-5-7-11-20(6-2)17-28(32,19-27(3,4)22-12-9-8-10-13-22)26(31)29-23-14-15-24-21(16-23)18-33-25(24)30/h5-16,32H,1,17-19H2,2-4H3,(H,29,31)/b11-7-,20-6+. The van der Waals surface area contributed by atoms with Gasteiger partial charge in [-0.25, -0.2) is 4.79 Å². The Labute approximate surface area is 195 Å². The van der Waals surface area contributed by atoms with E-state index < -0.39 is 16.9 Å². The van der Waals surface area contributed by atoms with Gasteiger partial charge in [0.25, 0.3) is 5.91 Å². The van der Waals surface area contributed by atoms with E-state index in [2.05, 4.69) is 11.9 Å². The number of cyclic esters (lactones) is 1. The second-order valence-electron chi connectivity index (χ2n) is 9.00. The number of hydrogen-bond donors (Lipinski definition) is 2. The minimum Gasteiger partial charge on any atom is -0.457 e. The van der Waals surface area contributed by atoms with Crippen LogP contribution >= 0.6 is 0 Å². The zero-order valence-corrected chi connectivity index (χ0v) is 19.4. The molecule has 1 amide bonds. The Bertz CT molecular complexity index is 1100. The fourth-order valence-electron chi connectivity index (χ4n) is 4.19. The van der Waals surface area contributed by atoms with E-state index in [-0.39, 0.29) is 25.4 Å². The highest BCUT2D eigenvalue weighted by atomic mass is 16.5. The fourth-order valence-corrected chi connectivity index (χ4v) is 4.19. The summed E-state index contributed by atoms with van der Waals surface area (Å²) in [6.45, 7) is 9.80. The van der Waals surface area contributed by atoms with Crippen LogP contribution in [-0.4, -0.2) is 22.6 Å². The molecule has 0 radical (unpaired) electrons. The normalized spacial score (nSPS) is 15.6. The van der Waals surface area contributed by atoms with E-state index in [0.29, 0.717) is 16.8 Å². The lowest BCUT2D eigenvalue weighted by Gasteiger charge is -2.36. The van der Waals surface area contributed by atoms with Crippen molar-refractivity contribution in [2.24, 2.45) is 0 Å². The third-order valence-electron chi connectivity index (χ3n) is 5.97. The van der Waals surface area contributed by atoms with Gasteiger partial charge in [0.1, 0.15) is 12.2 Å². The highest BCUT2D eigenvalue weighted by molar-refractivity contribution is 5.99. The van der Waals surface area contributed by atoms with Gasteiger partial charge in [0, 0.05) is 17.7 Å². The molecule has 1 aliphatic heterocycles. The number of rotatable bonds is 9. The van der Waals surface area contributed by atoms with Crippen LogP contribution in [0.1, 0.15) is 55.1 Å². The molecule has 33 heavy (non-hydrogen) atoms. The van der Waals surface area contributed by atoms with Crippen LogP contribution in [0.25, 0.3) is 0 Å². The first-order valence-electron chi connectivity index (χ1n) is 11.0. The molecular weight excluding hydrogens is 414 g/mol. The number of fused-ring (bicyclic) bond motifs is 1. The van der Waals surface area contributed by atoms with Crippen LogP contribution in [0, 0.1) is 0 Å². The predicted molar refractivity (Wildman–Crippen MR) is 131 cm³/mol. The molecule has 2 aromatic rings. The smallest absolute Gasteiger partial charge is 0.338 e. The largest absolute Gasteiger partial charge is 0.457 e. The number of benzene rings is 2. The molecule has 1 heterocycles. The van der Waals surface area contributed by atoms with Crippen molar-refractivity contribution in [1.29, 1.82) is 0 Å². The van der Waals surface area contributed by atoms with Gasteiger partial charge in [-0.3, -0.25) is 4.79 Å². The van der Waals surface area contributed by atoms with E-state index in [1.807, 2.05) is 63.3 Å². The zero-order chi connectivity index (χ0) is 24.1. The van der Waals surface area contributed by atoms with Gasteiger partial charge < -0.3 is 15.2 Å². The maximum Gasteiger partial charge on any atom is 0.338 e. The van der Waals surface area contributed by atoms with Crippen LogP contribution < -0.4 is 5.32 Å². The molecule has 2 aromatic carbocycles. The quantitative estimate of drug-likeness (QED) is 0.396. The number of ether oxygens (including phenoxy) is 1. The molecule has 3 rings (SSSR count). The summed E-state index contributed by atoms with van der Waals surface area (Å²) < 4.78 is 5.05. The van der Waals surface area contributed by atoms with E-state index >= 15 is 0 Å². The van der Waals surface area contributed by atoms with Crippen LogP contribution in [0.15, 0.2) is 85.0 Å². The molecular formula is C28H31NO4. The summed E-state index contributed by atoms with van der Waals surface area (Å²) in [7, 11) is 0. The Morgan fingerprint density at radius 3 is 2.61 bits per heavy atom. The minimum atomic E-state index is -1.68. The fraction of sp³-hybridized carbons (Fsp3) is 0.286. The molecule has 0 aromatic heterocycles. The second kappa shape index (κ2) is 10.0. The SMILES string of the molecule is C=C/C=C\C(=C/C)CC(O)(CC(C)(C)c1ccccc1)C(=O)Nc1ccc2c(c1)COC2=O. The first-order chi connectivity index (χ1) is 15.7. The van der Waals surface area contributed by atoms with Crippen molar-refractivity contribution < 1.29 is 19.4 Å². The van der Waals surface area contributed by atoms with Crippen LogP contribution in [-0.2, 0) is 21.6 Å². The Morgan fingerprint density at radius 2 is 1.94 bits per heavy atom. The van der Waals surface area contributed by atoms with E-state index in [1.54, 1.807) is 30.4 Å². The van der Waals surface area contributed by atoms with Crippen molar-refractivity contribution >= 4 is 17.6 Å². The third kappa shape index (κ3) is 5.68. The summed E-state index contributed by atoms with van der Waals surface area (Å²) in [5, 5.41) is 14.6. The molecule has 0 saturated heterocycles. The average Bonchev–Trinajstić information content (AvgIpc) is 3.16. The number of carbonyl (C=O) groups is 2. The van der Waals surface area contributed by atoms with Crippen molar-refractivity contribution in [2.45, 2.75) is 51.2 Å². The van der Waals surface area contributed by atoms with Gasteiger partial charge in [0.05, 0.1) is 5.56 Å². The summed E-state index contributed by atoms with van der Waals surface area (Å²) in [6, 6.07) is 14.9. The number of allylic oxidation sites excluding steroid dienone is 4. The zero-order valence-electron chi connectivity index (χ0n) is 19.4. The molecule has 0 spiro atoms. The van der Waals surface area contributed by atoms with Crippen molar-refractivity contribution in [1.82, 2.24) is 0 Å². The molecule has 1 atom stereocenters. The van der Waals surface area contributed by atoms with E-state index in [4.69, 9.17) is 4.74 Å². The monoisotopic (exact) mass is 445 g/mol. The number of esters is 1. The van der Waals surface area contributed by atoms with E-state index in [1.165, 1.54) is 0 Å². The first-order valence-corrected chi connectivity index (χ1v) is 11.0. The van der Waals surface area contributed by atoms with Crippen molar-refractivity contribution in [2.75, 3.05) is 5.32 Å². The molecule has 2 N–H and O–H groups in total. The van der Waals surface area contributed by atoms with Gasteiger partial charge in [-0.15, -0.1) is 0 Å². The van der Waals surface area contributed by atoms with Gasteiger partial charge in [0.15, 0.2) is 0 Å².